The zero-order valence-electron chi connectivity index (χ0n) is 64.4. The molecule has 0 aliphatic heterocycles. The minimum Gasteiger partial charge on any atom is -0.462 e. The third-order valence-electron chi connectivity index (χ3n) is 18.4. The Balaban J connectivity index is 5.24. The first-order valence-electron chi connectivity index (χ1n) is 40.7. The maximum Gasteiger partial charge on any atom is 0.472 e. The molecule has 0 spiro atoms. The predicted octanol–water partition coefficient (Wildman–Crippen LogP) is 23.3. The van der Waals surface area contributed by atoms with Crippen molar-refractivity contribution in [3.63, 3.8) is 0 Å². The lowest BCUT2D eigenvalue weighted by molar-refractivity contribution is -0.161. The first kappa shape index (κ1) is 96.5. The van der Waals surface area contributed by atoms with Crippen molar-refractivity contribution in [3.8, 4) is 0 Å². The number of rotatable bonds is 76. The van der Waals surface area contributed by atoms with Crippen molar-refractivity contribution in [2.24, 2.45) is 17.8 Å². The molecule has 0 aliphatic carbocycles. The molecule has 0 radical (unpaired) electrons. The summed E-state index contributed by atoms with van der Waals surface area (Å²) in [6.45, 7) is 11.8. The van der Waals surface area contributed by atoms with Crippen molar-refractivity contribution < 1.29 is 80.2 Å². The Kier molecular flexibility index (Phi) is 68.1. The summed E-state index contributed by atoms with van der Waals surface area (Å²) in [6, 6.07) is 0. The van der Waals surface area contributed by atoms with E-state index in [0.717, 1.165) is 121 Å². The molecule has 3 N–H and O–H groups in total. The second-order valence-corrected chi connectivity index (χ2v) is 32.2. The summed E-state index contributed by atoms with van der Waals surface area (Å²) in [6.07, 6.45) is 60.6. The Morgan fingerprint density at radius 2 is 0.596 bits per heavy atom. The van der Waals surface area contributed by atoms with E-state index in [1.807, 2.05) is 0 Å². The van der Waals surface area contributed by atoms with Crippen LogP contribution in [-0.2, 0) is 65.4 Å². The summed E-state index contributed by atoms with van der Waals surface area (Å²) >= 11 is 0. The maximum absolute atomic E-state index is 13.1. The van der Waals surface area contributed by atoms with Gasteiger partial charge in [-0.25, -0.2) is 9.13 Å². The van der Waals surface area contributed by atoms with Crippen molar-refractivity contribution in [2.45, 2.75) is 407 Å². The van der Waals surface area contributed by atoms with E-state index >= 15 is 0 Å². The van der Waals surface area contributed by atoms with Crippen LogP contribution in [0.25, 0.3) is 0 Å². The van der Waals surface area contributed by atoms with Gasteiger partial charge in [-0.05, 0) is 69.1 Å². The molecule has 17 nitrogen and oxygen atoms in total. The van der Waals surface area contributed by atoms with Gasteiger partial charge in [0.05, 0.1) is 26.4 Å². The van der Waals surface area contributed by atoms with Gasteiger partial charge in [-0.1, -0.05) is 336 Å². The molecule has 19 heteroatoms. The van der Waals surface area contributed by atoms with Crippen LogP contribution in [0, 0.1) is 17.8 Å². The SMILES string of the molecule is CCCCCC/C=C\C=C/CCCCCCCC(=O)OC[C@H](COP(=O)(O)OCC(O)COP(=O)(O)OC[C@@H](COC(=O)CCCCCCCCCCC(C)C)OC(=O)CCCCCCCCCCC(C)C)OC(=O)CCCCCCCCCCCCCCCCCCCCC(C)CC. The first-order chi connectivity index (χ1) is 47.8. The fourth-order valence-corrected chi connectivity index (χ4v) is 13.3. The smallest absolute Gasteiger partial charge is 0.462 e. The van der Waals surface area contributed by atoms with E-state index in [1.54, 1.807) is 0 Å². The number of phosphoric acid groups is 2. The number of aliphatic hydroxyl groups is 1. The fraction of sp³-hybridized carbons (Fsp3) is 0.900. The van der Waals surface area contributed by atoms with Crippen molar-refractivity contribution in [1.82, 2.24) is 0 Å². The molecule has 99 heavy (non-hydrogen) atoms. The minimum atomic E-state index is -4.97. The zero-order valence-corrected chi connectivity index (χ0v) is 66.2. The van der Waals surface area contributed by atoms with Crippen molar-refractivity contribution in [1.29, 1.82) is 0 Å². The molecule has 0 rings (SSSR count). The number of aliphatic hydroxyl groups excluding tert-OH is 1. The van der Waals surface area contributed by atoms with E-state index in [4.69, 9.17) is 37.0 Å². The molecule has 4 unspecified atom stereocenters. The highest BCUT2D eigenvalue weighted by Crippen LogP contribution is 2.45. The summed E-state index contributed by atoms with van der Waals surface area (Å²) < 4.78 is 68.6. The van der Waals surface area contributed by atoms with Crippen molar-refractivity contribution in [3.05, 3.63) is 24.3 Å². The molecule has 0 heterocycles. The molecule has 0 aromatic heterocycles. The normalized spacial score (nSPS) is 14.4. The van der Waals surface area contributed by atoms with Gasteiger partial charge in [0, 0.05) is 25.7 Å². The van der Waals surface area contributed by atoms with Crippen LogP contribution in [0.3, 0.4) is 0 Å². The number of hydrogen-bond donors (Lipinski definition) is 3. The lowest BCUT2D eigenvalue weighted by Crippen LogP contribution is -2.30. The Hall–Kier alpha value is -2.46. The summed E-state index contributed by atoms with van der Waals surface area (Å²) in [5, 5.41) is 10.6. The highest BCUT2D eigenvalue weighted by Gasteiger charge is 2.30. The van der Waals surface area contributed by atoms with Gasteiger partial charge in [-0.15, -0.1) is 0 Å². The van der Waals surface area contributed by atoms with Crippen LogP contribution in [0.15, 0.2) is 24.3 Å². The zero-order chi connectivity index (χ0) is 73.0. The van der Waals surface area contributed by atoms with Gasteiger partial charge >= 0.3 is 39.5 Å². The minimum absolute atomic E-state index is 0.101. The molecular formula is C80H152O17P2. The summed E-state index contributed by atoms with van der Waals surface area (Å²) in [5.41, 5.74) is 0. The molecule has 584 valence electrons. The molecule has 0 saturated carbocycles. The Morgan fingerprint density at radius 3 is 0.899 bits per heavy atom. The number of carbonyl (C=O) groups excluding carboxylic acids is 4. The molecular weight excluding hydrogens is 1290 g/mol. The van der Waals surface area contributed by atoms with Gasteiger partial charge in [-0.2, -0.15) is 0 Å². The summed E-state index contributed by atoms with van der Waals surface area (Å²) in [5.74, 6) is 0.164. The number of unbranched alkanes of at least 4 members (excludes halogenated alkanes) is 40. The molecule has 0 aromatic carbocycles. The molecule has 6 atom stereocenters. The first-order valence-corrected chi connectivity index (χ1v) is 43.7. The van der Waals surface area contributed by atoms with E-state index in [-0.39, 0.29) is 25.7 Å². The number of carbonyl (C=O) groups is 4. The number of phosphoric ester groups is 2. The van der Waals surface area contributed by atoms with Crippen LogP contribution in [0.5, 0.6) is 0 Å². The molecule has 0 amide bonds. The number of allylic oxidation sites excluding steroid dienone is 4. The Morgan fingerprint density at radius 1 is 0.333 bits per heavy atom. The maximum atomic E-state index is 13.1. The van der Waals surface area contributed by atoms with Gasteiger partial charge in [-0.3, -0.25) is 37.3 Å². The summed E-state index contributed by atoms with van der Waals surface area (Å²) in [7, 11) is -9.93. The van der Waals surface area contributed by atoms with E-state index < -0.39 is 97.5 Å². The second kappa shape index (κ2) is 69.9. The largest absolute Gasteiger partial charge is 0.472 e. The van der Waals surface area contributed by atoms with Gasteiger partial charge in [0.2, 0.25) is 0 Å². The molecule has 0 aliphatic rings. The van der Waals surface area contributed by atoms with Gasteiger partial charge < -0.3 is 33.8 Å². The monoisotopic (exact) mass is 1450 g/mol. The third kappa shape index (κ3) is 72.3. The second-order valence-electron chi connectivity index (χ2n) is 29.3. The quantitative estimate of drug-likeness (QED) is 0.0169. The van der Waals surface area contributed by atoms with Crippen LogP contribution in [0.4, 0.5) is 0 Å². The predicted molar refractivity (Wildman–Crippen MR) is 404 cm³/mol. The van der Waals surface area contributed by atoms with E-state index in [2.05, 4.69) is 72.8 Å². The third-order valence-corrected chi connectivity index (χ3v) is 20.3. The number of esters is 4. The molecule has 0 fully saturated rings. The summed E-state index contributed by atoms with van der Waals surface area (Å²) in [4.78, 5) is 72.9. The van der Waals surface area contributed by atoms with Crippen molar-refractivity contribution >= 4 is 39.5 Å². The lowest BCUT2D eigenvalue weighted by atomic mass is 9.99. The molecule has 0 saturated heterocycles. The van der Waals surface area contributed by atoms with Crippen LogP contribution < -0.4 is 0 Å². The van der Waals surface area contributed by atoms with Crippen LogP contribution in [0.1, 0.15) is 389 Å². The highest BCUT2D eigenvalue weighted by molar-refractivity contribution is 7.47. The highest BCUT2D eigenvalue weighted by atomic mass is 31.2. The van der Waals surface area contributed by atoms with Crippen molar-refractivity contribution in [2.75, 3.05) is 39.6 Å². The van der Waals surface area contributed by atoms with Crippen LogP contribution in [0.2, 0.25) is 0 Å². The van der Waals surface area contributed by atoms with Gasteiger partial charge in [0.15, 0.2) is 12.2 Å². The fourth-order valence-electron chi connectivity index (χ4n) is 11.7. The van der Waals surface area contributed by atoms with Crippen LogP contribution in [-0.4, -0.2) is 96.7 Å². The van der Waals surface area contributed by atoms with E-state index in [9.17, 15) is 43.2 Å². The van der Waals surface area contributed by atoms with Crippen LogP contribution >= 0.6 is 15.6 Å². The number of hydrogen-bond acceptors (Lipinski definition) is 15. The number of ether oxygens (including phenoxy) is 4. The topological polar surface area (TPSA) is 237 Å². The molecule has 0 bridgehead atoms. The standard InChI is InChI=1S/C80H152O17P2/c1-8-10-11-12-13-14-15-16-21-25-28-31-40-47-54-61-77(82)90-67-75(96-79(84)63-56-49-42-32-29-26-23-20-18-17-19-22-24-27-30-39-46-53-60-73(7)9-2)69-94-98(86,87)92-65-74(81)66-93-99(88,89)95-70-76(97-80(85)64-57-50-43-36-34-38-45-52-59-72(5)6)68-91-78(83)62-55-48-41-35-33-37-44-51-58-71(3)4/h14-16,21,71-76,81H,8-13,17-20,22-70H2,1-7H3,(H,86,87)(H,88,89)/b15-14-,21-16-/t73?,74?,75-,76-/m1/s1. The van der Waals surface area contributed by atoms with Gasteiger partial charge in [0.25, 0.3) is 0 Å². The van der Waals surface area contributed by atoms with Gasteiger partial charge in [0.1, 0.15) is 19.3 Å². The Labute approximate surface area is 605 Å². The Bertz CT molecular complexity index is 2020. The average molecular weight is 1450 g/mol. The molecule has 0 aromatic rings. The van der Waals surface area contributed by atoms with E-state index in [1.165, 1.54) is 180 Å². The van der Waals surface area contributed by atoms with E-state index in [0.29, 0.717) is 31.6 Å². The average Bonchev–Trinajstić information content (AvgIpc) is 0.985. The lowest BCUT2D eigenvalue weighted by Gasteiger charge is -2.21.